The summed E-state index contributed by atoms with van der Waals surface area (Å²) < 4.78 is 0. The summed E-state index contributed by atoms with van der Waals surface area (Å²) in [7, 11) is 2.86. The third-order valence-corrected chi connectivity index (χ3v) is 5.25. The first-order valence-corrected chi connectivity index (χ1v) is 10.3. The molecule has 2 heteroatoms. The Labute approximate surface area is 148 Å². The predicted molar refractivity (Wildman–Crippen MR) is 109 cm³/mol. The molecule has 0 N–H and O–H groups in total. The summed E-state index contributed by atoms with van der Waals surface area (Å²) >= 11 is 0. The molecule has 0 aromatic heterocycles. The van der Waals surface area contributed by atoms with E-state index in [1.165, 1.54) is 96.1 Å². The van der Waals surface area contributed by atoms with Crippen molar-refractivity contribution < 1.29 is 0 Å². The number of hydrogen-bond acceptors (Lipinski definition) is 0. The fraction of sp³-hybridized carbons (Fsp3) is 1.00. The van der Waals surface area contributed by atoms with E-state index in [1.807, 2.05) is 0 Å². The summed E-state index contributed by atoms with van der Waals surface area (Å²) in [6.07, 6.45) is 21.5. The van der Waals surface area contributed by atoms with Crippen molar-refractivity contribution in [1.29, 1.82) is 0 Å². The van der Waals surface area contributed by atoms with Gasteiger partial charge in [0.05, 0.1) is 0 Å². The van der Waals surface area contributed by atoms with Gasteiger partial charge in [0.25, 0.3) is 0 Å². The quantitative estimate of drug-likeness (QED) is 0.199. The molecule has 21 heavy (non-hydrogen) atoms. The highest BCUT2D eigenvalue weighted by molar-refractivity contribution is 8.93. The Morgan fingerprint density at radius 2 is 0.952 bits per heavy atom. The minimum atomic E-state index is 0. The molecule has 0 aliphatic rings. The Morgan fingerprint density at radius 3 is 1.33 bits per heavy atom. The molecule has 130 valence electrons. The van der Waals surface area contributed by atoms with Crippen LogP contribution in [-0.4, -0.2) is 6.16 Å². The van der Waals surface area contributed by atoms with E-state index < -0.39 is 0 Å². The van der Waals surface area contributed by atoms with Crippen molar-refractivity contribution in [3.05, 3.63) is 0 Å². The minimum Gasteiger partial charge on any atom is -0.138 e. The predicted octanol–water partition coefficient (Wildman–Crippen LogP) is 7.95. The second kappa shape index (κ2) is 17.3. The van der Waals surface area contributed by atoms with E-state index in [1.54, 1.807) is 0 Å². The van der Waals surface area contributed by atoms with Crippen LogP contribution in [0.2, 0.25) is 0 Å². The molecular weight excluding hydrogens is 339 g/mol. The molecule has 0 heterocycles. The van der Waals surface area contributed by atoms with Gasteiger partial charge >= 0.3 is 0 Å². The first kappa shape index (κ1) is 24.2. The highest BCUT2D eigenvalue weighted by Crippen LogP contribution is 2.41. The molecule has 0 nitrogen and oxygen atoms in total. The lowest BCUT2D eigenvalue weighted by atomic mass is 9.71. The van der Waals surface area contributed by atoms with Gasteiger partial charge in [-0.05, 0) is 43.7 Å². The van der Waals surface area contributed by atoms with E-state index in [0.717, 1.165) is 0 Å². The van der Waals surface area contributed by atoms with Gasteiger partial charge in [0, 0.05) is 0 Å². The molecule has 0 aromatic carbocycles. The Hall–Kier alpha value is 0.910. The largest absolute Gasteiger partial charge is 0.138 e. The smallest absolute Gasteiger partial charge is 0.0297 e. The average molecular weight is 381 g/mol. The molecule has 0 saturated heterocycles. The van der Waals surface area contributed by atoms with Crippen LogP contribution in [0.4, 0.5) is 0 Å². The second-order valence-corrected chi connectivity index (χ2v) is 7.34. The van der Waals surface area contributed by atoms with E-state index in [4.69, 9.17) is 0 Å². The molecule has 0 aliphatic carbocycles. The Balaban J connectivity index is 0. The van der Waals surface area contributed by atoms with Gasteiger partial charge in [0.2, 0.25) is 0 Å². The summed E-state index contributed by atoms with van der Waals surface area (Å²) in [6, 6.07) is 0. The molecule has 0 amide bonds. The molecule has 0 rings (SSSR count). The summed E-state index contributed by atoms with van der Waals surface area (Å²) in [6.45, 7) is 7.05. The number of halogens is 1. The normalized spacial score (nSPS) is 11.4. The zero-order chi connectivity index (χ0) is 15.1. The van der Waals surface area contributed by atoms with Crippen LogP contribution in [0.25, 0.3) is 0 Å². The Kier molecular flexibility index (Phi) is 19.9. The van der Waals surface area contributed by atoms with E-state index in [-0.39, 0.29) is 17.0 Å². The summed E-state index contributed by atoms with van der Waals surface area (Å²) in [5, 5.41) is 0. The van der Waals surface area contributed by atoms with Crippen LogP contribution in [0.15, 0.2) is 0 Å². The first-order valence-electron chi connectivity index (χ1n) is 9.44. The van der Waals surface area contributed by atoms with Crippen molar-refractivity contribution in [2.24, 2.45) is 5.41 Å². The molecule has 0 fully saturated rings. The second-order valence-electron chi connectivity index (χ2n) is 6.76. The van der Waals surface area contributed by atoms with Gasteiger partial charge in [-0.25, -0.2) is 0 Å². The Morgan fingerprint density at radius 1 is 0.571 bits per heavy atom. The van der Waals surface area contributed by atoms with Crippen LogP contribution >= 0.6 is 26.2 Å². The fourth-order valence-corrected chi connectivity index (χ4v) is 3.69. The molecule has 0 saturated carbocycles. The third-order valence-electron chi connectivity index (χ3n) is 4.84. The lowest BCUT2D eigenvalue weighted by Gasteiger charge is -2.35. The van der Waals surface area contributed by atoms with Crippen LogP contribution in [0.1, 0.15) is 111 Å². The lowest BCUT2D eigenvalue weighted by Crippen LogP contribution is -2.21. The van der Waals surface area contributed by atoms with E-state index in [9.17, 15) is 0 Å². The van der Waals surface area contributed by atoms with Crippen LogP contribution in [0.3, 0.4) is 0 Å². The molecule has 0 aliphatic heterocycles. The van der Waals surface area contributed by atoms with Gasteiger partial charge in [-0.2, -0.15) is 0 Å². The van der Waals surface area contributed by atoms with Crippen LogP contribution < -0.4 is 0 Å². The maximum Gasteiger partial charge on any atom is -0.0297 e. The van der Waals surface area contributed by atoms with E-state index in [2.05, 4.69) is 30.0 Å². The zero-order valence-electron chi connectivity index (χ0n) is 15.1. The van der Waals surface area contributed by atoms with Crippen molar-refractivity contribution in [2.45, 2.75) is 111 Å². The standard InChI is InChI=1S/C19H41P.BrH/c1-4-7-14-19(15-8-5-2,16-9-6-3)17-12-10-11-13-18-20;/h4-18,20H2,1-3H3;1H. The topological polar surface area (TPSA) is 0 Å². The van der Waals surface area contributed by atoms with Gasteiger partial charge in [0.1, 0.15) is 0 Å². The molecule has 0 aromatic rings. The average Bonchev–Trinajstić information content (AvgIpc) is 2.48. The van der Waals surface area contributed by atoms with Crippen molar-refractivity contribution in [1.82, 2.24) is 0 Å². The molecule has 0 radical (unpaired) electrons. The van der Waals surface area contributed by atoms with Crippen LogP contribution in [-0.2, 0) is 0 Å². The molecule has 0 spiro atoms. The first-order chi connectivity index (χ1) is 9.74. The van der Waals surface area contributed by atoms with Crippen molar-refractivity contribution >= 4 is 26.2 Å². The molecule has 1 atom stereocenters. The maximum absolute atomic E-state index is 2.86. The highest BCUT2D eigenvalue weighted by Gasteiger charge is 2.27. The summed E-state index contributed by atoms with van der Waals surface area (Å²) in [5.74, 6) is 0. The SMILES string of the molecule is Br.CCCCC(CCCC)(CCCC)CCCCCCP. The van der Waals surface area contributed by atoms with Crippen molar-refractivity contribution in [3.63, 3.8) is 0 Å². The van der Waals surface area contributed by atoms with Gasteiger partial charge in [-0.15, -0.1) is 26.2 Å². The molecule has 0 bridgehead atoms. The van der Waals surface area contributed by atoms with Crippen LogP contribution in [0, 0.1) is 5.41 Å². The minimum absolute atomic E-state index is 0. The summed E-state index contributed by atoms with van der Waals surface area (Å²) in [5.41, 5.74) is 0.697. The number of unbranched alkanes of at least 4 members (excludes halogenated alkanes) is 6. The molecule has 1 unspecified atom stereocenters. The highest BCUT2D eigenvalue weighted by atomic mass is 79.9. The summed E-state index contributed by atoms with van der Waals surface area (Å²) in [4.78, 5) is 0. The monoisotopic (exact) mass is 380 g/mol. The van der Waals surface area contributed by atoms with Gasteiger partial charge in [-0.1, -0.05) is 78.6 Å². The Bertz CT molecular complexity index is 172. The van der Waals surface area contributed by atoms with Gasteiger partial charge in [-0.3, -0.25) is 0 Å². The number of rotatable bonds is 15. The zero-order valence-corrected chi connectivity index (χ0v) is 18.0. The van der Waals surface area contributed by atoms with Gasteiger partial charge < -0.3 is 0 Å². The van der Waals surface area contributed by atoms with E-state index >= 15 is 0 Å². The van der Waals surface area contributed by atoms with Gasteiger partial charge in [0.15, 0.2) is 0 Å². The lowest BCUT2D eigenvalue weighted by molar-refractivity contribution is 0.176. The number of hydrogen-bond donors (Lipinski definition) is 0. The van der Waals surface area contributed by atoms with Crippen LogP contribution in [0.5, 0.6) is 0 Å². The third kappa shape index (κ3) is 13.1. The molecular formula is C19H42BrP. The fourth-order valence-electron chi connectivity index (χ4n) is 3.40. The van der Waals surface area contributed by atoms with Crippen molar-refractivity contribution in [3.8, 4) is 0 Å². The van der Waals surface area contributed by atoms with Crippen molar-refractivity contribution in [2.75, 3.05) is 6.16 Å². The van der Waals surface area contributed by atoms with E-state index in [0.29, 0.717) is 5.41 Å². The maximum atomic E-state index is 2.86.